The van der Waals surface area contributed by atoms with Gasteiger partial charge < -0.3 is 10.6 Å². The van der Waals surface area contributed by atoms with Crippen molar-refractivity contribution in [1.29, 1.82) is 0 Å². The molecule has 2 heteroatoms. The quantitative estimate of drug-likeness (QED) is 0.532. The van der Waals surface area contributed by atoms with E-state index in [9.17, 15) is 0 Å². The van der Waals surface area contributed by atoms with Crippen molar-refractivity contribution in [3.63, 3.8) is 0 Å². The van der Waals surface area contributed by atoms with Crippen LogP contribution in [0.2, 0.25) is 0 Å². The van der Waals surface area contributed by atoms with E-state index in [2.05, 4.69) is 54.0 Å². The summed E-state index contributed by atoms with van der Waals surface area (Å²) in [7, 11) is 0. The van der Waals surface area contributed by atoms with Crippen molar-refractivity contribution in [3.8, 4) is 0 Å². The summed E-state index contributed by atoms with van der Waals surface area (Å²) in [4.78, 5) is 0. The van der Waals surface area contributed by atoms with E-state index in [1.54, 1.807) is 5.57 Å². The molecule has 0 saturated carbocycles. The van der Waals surface area contributed by atoms with Gasteiger partial charge in [0.05, 0.1) is 0 Å². The van der Waals surface area contributed by atoms with Crippen molar-refractivity contribution in [3.05, 3.63) is 47.5 Å². The van der Waals surface area contributed by atoms with Crippen LogP contribution in [0.5, 0.6) is 0 Å². The summed E-state index contributed by atoms with van der Waals surface area (Å²) >= 11 is 0. The normalized spacial score (nSPS) is 16.5. The molecule has 116 valence electrons. The van der Waals surface area contributed by atoms with Crippen molar-refractivity contribution in [2.24, 2.45) is 0 Å². The molecule has 1 atom stereocenters. The first-order valence-corrected chi connectivity index (χ1v) is 8.50. The predicted molar refractivity (Wildman–Crippen MR) is 91.8 cm³/mol. The van der Waals surface area contributed by atoms with Crippen LogP contribution in [0.3, 0.4) is 0 Å². The van der Waals surface area contributed by atoms with E-state index in [1.165, 1.54) is 37.7 Å². The van der Waals surface area contributed by atoms with E-state index in [1.807, 2.05) is 0 Å². The zero-order chi connectivity index (χ0) is 14.8. The van der Waals surface area contributed by atoms with Gasteiger partial charge in [0.1, 0.15) is 0 Å². The van der Waals surface area contributed by atoms with E-state index in [4.69, 9.17) is 0 Å². The maximum atomic E-state index is 3.54. The summed E-state index contributed by atoms with van der Waals surface area (Å²) < 4.78 is 0. The molecule has 0 bridgehead atoms. The van der Waals surface area contributed by atoms with Crippen LogP contribution in [0, 0.1) is 0 Å². The van der Waals surface area contributed by atoms with Crippen LogP contribution in [0.25, 0.3) is 0 Å². The molecule has 1 aromatic carbocycles. The Labute approximate surface area is 130 Å². The molecule has 0 amide bonds. The second-order valence-corrected chi connectivity index (χ2v) is 6.12. The first-order valence-electron chi connectivity index (χ1n) is 8.50. The van der Waals surface area contributed by atoms with E-state index in [0.717, 1.165) is 26.2 Å². The molecule has 21 heavy (non-hydrogen) atoms. The third kappa shape index (κ3) is 6.45. The highest BCUT2D eigenvalue weighted by molar-refractivity contribution is 5.18. The number of hydrogen-bond donors (Lipinski definition) is 2. The third-order valence-electron chi connectivity index (χ3n) is 4.31. The summed E-state index contributed by atoms with van der Waals surface area (Å²) in [6.45, 7) is 6.58. The fourth-order valence-electron chi connectivity index (χ4n) is 2.90. The van der Waals surface area contributed by atoms with Gasteiger partial charge in [-0.1, -0.05) is 48.9 Å². The summed E-state index contributed by atoms with van der Waals surface area (Å²) in [5.74, 6) is 0.582. The lowest BCUT2D eigenvalue weighted by Crippen LogP contribution is -2.30. The van der Waals surface area contributed by atoms with Crippen LogP contribution in [0.1, 0.15) is 50.5 Å². The van der Waals surface area contributed by atoms with Crippen LogP contribution in [0.4, 0.5) is 0 Å². The van der Waals surface area contributed by atoms with Crippen molar-refractivity contribution >= 4 is 0 Å². The standard InChI is InChI=1S/C19H30N2/c1-17(19-10-6-3-7-11-19)16-21-15-14-20-13-12-18-8-4-2-5-9-18/h3,6-8,10-11,17,20-21H,2,4-5,9,12-16H2,1H3. The molecule has 0 aromatic heterocycles. The molecule has 0 heterocycles. The third-order valence-corrected chi connectivity index (χ3v) is 4.31. The second kappa shape index (κ2) is 9.75. The van der Waals surface area contributed by atoms with Crippen LogP contribution in [-0.2, 0) is 0 Å². The Balaban J connectivity index is 1.47. The fraction of sp³-hybridized carbons (Fsp3) is 0.579. The molecule has 0 aliphatic heterocycles. The molecule has 1 aliphatic carbocycles. The summed E-state index contributed by atoms with van der Waals surface area (Å²) in [6, 6.07) is 10.7. The molecule has 0 radical (unpaired) electrons. The average Bonchev–Trinajstić information content (AvgIpc) is 2.55. The van der Waals surface area contributed by atoms with Crippen LogP contribution >= 0.6 is 0 Å². The van der Waals surface area contributed by atoms with Gasteiger partial charge in [-0.15, -0.1) is 0 Å². The van der Waals surface area contributed by atoms with Crippen molar-refractivity contribution in [1.82, 2.24) is 10.6 Å². The van der Waals surface area contributed by atoms with Gasteiger partial charge in [0.25, 0.3) is 0 Å². The lowest BCUT2D eigenvalue weighted by molar-refractivity contribution is 0.572. The molecule has 2 N–H and O–H groups in total. The number of hydrogen-bond acceptors (Lipinski definition) is 2. The van der Waals surface area contributed by atoms with Crippen LogP contribution < -0.4 is 10.6 Å². The van der Waals surface area contributed by atoms with Crippen LogP contribution in [0.15, 0.2) is 42.0 Å². The largest absolute Gasteiger partial charge is 0.315 e. The van der Waals surface area contributed by atoms with Gasteiger partial charge in [0.2, 0.25) is 0 Å². The van der Waals surface area contributed by atoms with E-state index in [0.29, 0.717) is 5.92 Å². The zero-order valence-corrected chi connectivity index (χ0v) is 13.4. The Morgan fingerprint density at radius 3 is 2.57 bits per heavy atom. The van der Waals surface area contributed by atoms with Gasteiger partial charge in [0.15, 0.2) is 0 Å². The van der Waals surface area contributed by atoms with E-state index < -0.39 is 0 Å². The van der Waals surface area contributed by atoms with Gasteiger partial charge in [-0.05, 0) is 50.1 Å². The first kappa shape index (κ1) is 16.3. The monoisotopic (exact) mass is 286 g/mol. The van der Waals surface area contributed by atoms with Gasteiger partial charge in [0, 0.05) is 19.6 Å². The maximum absolute atomic E-state index is 3.54. The Morgan fingerprint density at radius 1 is 1.00 bits per heavy atom. The first-order chi connectivity index (χ1) is 10.4. The molecule has 0 spiro atoms. The topological polar surface area (TPSA) is 24.1 Å². The van der Waals surface area contributed by atoms with Crippen LogP contribution in [-0.4, -0.2) is 26.2 Å². The fourth-order valence-corrected chi connectivity index (χ4v) is 2.90. The predicted octanol–water partition coefficient (Wildman–Crippen LogP) is 3.86. The summed E-state index contributed by atoms with van der Waals surface area (Å²) in [5.41, 5.74) is 3.08. The number of nitrogens with one attached hydrogen (secondary N) is 2. The van der Waals surface area contributed by atoms with E-state index in [-0.39, 0.29) is 0 Å². The minimum Gasteiger partial charge on any atom is -0.315 e. The Morgan fingerprint density at radius 2 is 1.81 bits per heavy atom. The molecule has 0 saturated heterocycles. The SMILES string of the molecule is CC(CNCCNCCC1=CCCCC1)c1ccccc1. The zero-order valence-electron chi connectivity index (χ0n) is 13.4. The molecular weight excluding hydrogens is 256 g/mol. The molecule has 1 aliphatic rings. The lowest BCUT2D eigenvalue weighted by Gasteiger charge is -2.14. The minimum atomic E-state index is 0.582. The summed E-state index contributed by atoms with van der Waals surface area (Å²) in [5, 5.41) is 7.09. The second-order valence-electron chi connectivity index (χ2n) is 6.12. The van der Waals surface area contributed by atoms with Gasteiger partial charge in [-0.3, -0.25) is 0 Å². The molecule has 2 rings (SSSR count). The van der Waals surface area contributed by atoms with Crippen molar-refractivity contribution in [2.45, 2.75) is 44.9 Å². The number of benzene rings is 1. The Bertz CT molecular complexity index is 411. The highest BCUT2D eigenvalue weighted by atomic mass is 14.9. The Kier molecular flexibility index (Phi) is 7.55. The van der Waals surface area contributed by atoms with Gasteiger partial charge >= 0.3 is 0 Å². The lowest BCUT2D eigenvalue weighted by atomic mass is 9.97. The minimum absolute atomic E-state index is 0.582. The molecular formula is C19H30N2. The highest BCUT2D eigenvalue weighted by Gasteiger charge is 2.04. The van der Waals surface area contributed by atoms with Gasteiger partial charge in [-0.25, -0.2) is 0 Å². The van der Waals surface area contributed by atoms with Gasteiger partial charge in [-0.2, -0.15) is 0 Å². The smallest absolute Gasteiger partial charge is 0.00769 e. The van der Waals surface area contributed by atoms with E-state index >= 15 is 0 Å². The maximum Gasteiger partial charge on any atom is 0.00769 e. The molecule has 1 aromatic rings. The molecule has 0 fully saturated rings. The highest BCUT2D eigenvalue weighted by Crippen LogP contribution is 2.19. The molecule has 2 nitrogen and oxygen atoms in total. The number of rotatable bonds is 9. The summed E-state index contributed by atoms with van der Waals surface area (Å²) in [6.07, 6.45) is 9.10. The molecule has 1 unspecified atom stereocenters. The average molecular weight is 286 g/mol. The number of allylic oxidation sites excluding steroid dienone is 1. The Hall–Kier alpha value is -1.12. The van der Waals surface area contributed by atoms with Crippen molar-refractivity contribution < 1.29 is 0 Å². The van der Waals surface area contributed by atoms with Crippen molar-refractivity contribution in [2.75, 3.05) is 26.2 Å².